The molecule has 0 aliphatic rings. The minimum Gasteiger partial charge on any atom is -0.404 e. The first kappa shape index (κ1) is 16.6. The smallest absolute Gasteiger partial charge is 0.404 e. The number of benzene rings is 1. The van der Waals surface area contributed by atoms with Crippen molar-refractivity contribution in [3.63, 3.8) is 0 Å². The van der Waals surface area contributed by atoms with Crippen molar-refractivity contribution >= 4 is 11.6 Å². The second-order valence-electron chi connectivity index (χ2n) is 4.64. The second-order valence-corrected chi connectivity index (χ2v) is 4.64. The Balaban J connectivity index is 2.10. The monoisotopic (exact) mass is 324 g/mol. The maximum absolute atomic E-state index is 12.4. The van der Waals surface area contributed by atoms with E-state index in [1.54, 1.807) is 18.3 Å². The molecule has 2 aromatic rings. The number of para-hydroxylation sites is 2. The van der Waals surface area contributed by atoms with Gasteiger partial charge in [-0.1, -0.05) is 18.2 Å². The Kier molecular flexibility index (Phi) is 5.05. The molecule has 0 radical (unpaired) electrons. The third-order valence-electron chi connectivity index (χ3n) is 2.89. The molecule has 0 atom stereocenters. The van der Waals surface area contributed by atoms with E-state index >= 15 is 0 Å². The van der Waals surface area contributed by atoms with Crippen LogP contribution in [0, 0.1) is 6.92 Å². The zero-order chi connectivity index (χ0) is 16.9. The number of aliphatic imine (C=N–C) groups is 1. The van der Waals surface area contributed by atoms with E-state index in [2.05, 4.69) is 20.0 Å². The lowest BCUT2D eigenvalue weighted by atomic mass is 10.2. The van der Waals surface area contributed by atoms with Gasteiger partial charge >= 0.3 is 6.36 Å². The Morgan fingerprint density at radius 1 is 1.26 bits per heavy atom. The maximum atomic E-state index is 12.4. The first-order chi connectivity index (χ1) is 10.8. The highest BCUT2D eigenvalue weighted by molar-refractivity contribution is 5.93. The zero-order valence-electron chi connectivity index (χ0n) is 12.3. The molecule has 0 amide bonds. The van der Waals surface area contributed by atoms with Gasteiger partial charge in [-0.05, 0) is 30.7 Å². The average Bonchev–Trinajstić information content (AvgIpc) is 2.47. The number of aromatic nitrogens is 1. The molecular formula is C15H15F3N4O. The molecule has 122 valence electrons. The first-order valence-corrected chi connectivity index (χ1v) is 6.67. The number of aryl methyl sites for hydroxylation is 1. The van der Waals surface area contributed by atoms with Crippen molar-refractivity contribution < 1.29 is 17.9 Å². The third kappa shape index (κ3) is 5.17. The molecule has 23 heavy (non-hydrogen) atoms. The zero-order valence-corrected chi connectivity index (χ0v) is 12.3. The molecule has 0 aliphatic heterocycles. The van der Waals surface area contributed by atoms with Crippen molar-refractivity contribution in [1.82, 2.24) is 4.98 Å². The molecule has 5 nitrogen and oxygen atoms in total. The summed E-state index contributed by atoms with van der Waals surface area (Å²) in [5.74, 6) is -0.416. The highest BCUT2D eigenvalue weighted by atomic mass is 19.4. The third-order valence-corrected chi connectivity index (χ3v) is 2.89. The van der Waals surface area contributed by atoms with Gasteiger partial charge in [0.15, 0.2) is 11.7 Å². The van der Waals surface area contributed by atoms with Crippen molar-refractivity contribution in [3.05, 3.63) is 53.9 Å². The van der Waals surface area contributed by atoms with Gasteiger partial charge in [0.05, 0.1) is 17.9 Å². The molecule has 3 N–H and O–H groups in total. The van der Waals surface area contributed by atoms with Gasteiger partial charge in [-0.25, -0.2) is 4.99 Å². The highest BCUT2D eigenvalue weighted by Crippen LogP contribution is 2.29. The van der Waals surface area contributed by atoms with Gasteiger partial charge in [-0.3, -0.25) is 4.98 Å². The van der Waals surface area contributed by atoms with Crippen molar-refractivity contribution in [2.75, 3.05) is 5.32 Å². The number of alkyl halides is 3. The van der Waals surface area contributed by atoms with Crippen molar-refractivity contribution in [2.24, 2.45) is 10.7 Å². The number of hydrogen-bond donors (Lipinski definition) is 2. The van der Waals surface area contributed by atoms with E-state index in [-0.39, 0.29) is 23.9 Å². The molecule has 0 fully saturated rings. The quantitative estimate of drug-likeness (QED) is 0.669. The van der Waals surface area contributed by atoms with Crippen LogP contribution in [-0.4, -0.2) is 17.3 Å². The standard InChI is InChI=1S/C15H15F3N4O/c1-10-5-4-8-20-12(10)9-21-14(19)22-11-6-2-3-7-13(11)23-15(16,17)18/h2-8H,9H2,1H3,(H3,19,21,22). The fourth-order valence-electron chi connectivity index (χ4n) is 1.81. The Morgan fingerprint density at radius 3 is 2.70 bits per heavy atom. The van der Waals surface area contributed by atoms with Crippen LogP contribution >= 0.6 is 0 Å². The normalized spacial score (nSPS) is 12.1. The number of guanidine groups is 1. The van der Waals surface area contributed by atoms with Crippen LogP contribution in [0.1, 0.15) is 11.3 Å². The minimum absolute atomic E-state index is 0.0340. The SMILES string of the molecule is Cc1cccnc1CN=C(N)Nc1ccccc1OC(F)(F)F. The van der Waals surface area contributed by atoms with Crippen LogP contribution in [0.5, 0.6) is 5.75 Å². The van der Waals surface area contributed by atoms with Crippen LogP contribution in [0.3, 0.4) is 0 Å². The summed E-state index contributed by atoms with van der Waals surface area (Å²) < 4.78 is 41.0. The van der Waals surface area contributed by atoms with Gasteiger partial charge in [-0.2, -0.15) is 0 Å². The molecule has 0 unspecified atom stereocenters. The van der Waals surface area contributed by atoms with E-state index in [1.165, 1.54) is 18.2 Å². The number of rotatable bonds is 4. The van der Waals surface area contributed by atoms with E-state index < -0.39 is 6.36 Å². The molecule has 0 bridgehead atoms. The lowest BCUT2D eigenvalue weighted by Gasteiger charge is -2.14. The Labute approximate surface area is 131 Å². The van der Waals surface area contributed by atoms with Gasteiger partial charge in [0, 0.05) is 6.20 Å². The molecule has 8 heteroatoms. The van der Waals surface area contributed by atoms with Gasteiger partial charge in [-0.15, -0.1) is 13.2 Å². The van der Waals surface area contributed by atoms with E-state index in [0.29, 0.717) is 0 Å². The number of halogens is 3. The summed E-state index contributed by atoms with van der Waals surface area (Å²) in [6.07, 6.45) is -3.15. The fourth-order valence-corrected chi connectivity index (χ4v) is 1.81. The largest absolute Gasteiger partial charge is 0.573 e. The summed E-state index contributed by atoms with van der Waals surface area (Å²) >= 11 is 0. The van der Waals surface area contributed by atoms with Crippen molar-refractivity contribution in [1.29, 1.82) is 0 Å². The fraction of sp³-hybridized carbons (Fsp3) is 0.200. The number of pyridine rings is 1. The molecule has 0 saturated heterocycles. The Hall–Kier alpha value is -2.77. The average molecular weight is 324 g/mol. The molecule has 1 aromatic carbocycles. The Morgan fingerprint density at radius 2 is 2.00 bits per heavy atom. The lowest BCUT2D eigenvalue weighted by Crippen LogP contribution is -2.24. The summed E-state index contributed by atoms with van der Waals surface area (Å²) in [7, 11) is 0. The van der Waals surface area contributed by atoms with E-state index in [9.17, 15) is 13.2 Å². The van der Waals surface area contributed by atoms with Crippen molar-refractivity contribution in [3.8, 4) is 5.75 Å². The number of anilines is 1. The van der Waals surface area contributed by atoms with Crippen LogP contribution in [0.2, 0.25) is 0 Å². The van der Waals surface area contributed by atoms with Crippen LogP contribution in [0.15, 0.2) is 47.6 Å². The van der Waals surface area contributed by atoms with Crippen LogP contribution in [0.4, 0.5) is 18.9 Å². The predicted molar refractivity (Wildman–Crippen MR) is 81.0 cm³/mol. The number of ether oxygens (including phenoxy) is 1. The highest BCUT2D eigenvalue weighted by Gasteiger charge is 2.32. The van der Waals surface area contributed by atoms with Crippen LogP contribution in [-0.2, 0) is 6.54 Å². The number of nitrogens with two attached hydrogens (primary N) is 1. The van der Waals surface area contributed by atoms with Crippen LogP contribution in [0.25, 0.3) is 0 Å². The summed E-state index contributed by atoms with van der Waals surface area (Å²) in [4.78, 5) is 8.23. The van der Waals surface area contributed by atoms with Crippen LogP contribution < -0.4 is 15.8 Å². The molecule has 0 spiro atoms. The van der Waals surface area contributed by atoms with Crippen molar-refractivity contribution in [2.45, 2.75) is 19.8 Å². The number of nitrogens with zero attached hydrogens (tertiary/aromatic N) is 2. The summed E-state index contributed by atoms with van der Waals surface area (Å²) in [6.45, 7) is 2.10. The number of hydrogen-bond acceptors (Lipinski definition) is 3. The van der Waals surface area contributed by atoms with Gasteiger partial charge in [0.25, 0.3) is 0 Å². The van der Waals surface area contributed by atoms with E-state index in [1.807, 2.05) is 13.0 Å². The Bertz CT molecular complexity index is 701. The predicted octanol–water partition coefficient (Wildman–Crippen LogP) is 3.22. The van der Waals surface area contributed by atoms with Gasteiger partial charge in [0.1, 0.15) is 0 Å². The number of nitrogens with one attached hydrogen (secondary N) is 1. The minimum atomic E-state index is -4.78. The van der Waals surface area contributed by atoms with Gasteiger partial charge < -0.3 is 15.8 Å². The molecular weight excluding hydrogens is 309 g/mol. The second kappa shape index (κ2) is 6.99. The molecule has 0 aliphatic carbocycles. The summed E-state index contributed by atoms with van der Waals surface area (Å²) in [5.41, 5.74) is 7.47. The molecule has 2 rings (SSSR count). The molecule has 1 heterocycles. The lowest BCUT2D eigenvalue weighted by molar-refractivity contribution is -0.274. The first-order valence-electron chi connectivity index (χ1n) is 6.67. The molecule has 0 saturated carbocycles. The van der Waals surface area contributed by atoms with E-state index in [0.717, 1.165) is 11.3 Å². The maximum Gasteiger partial charge on any atom is 0.573 e. The van der Waals surface area contributed by atoms with E-state index in [4.69, 9.17) is 5.73 Å². The van der Waals surface area contributed by atoms with Gasteiger partial charge in [0.2, 0.25) is 0 Å². The topological polar surface area (TPSA) is 72.5 Å². The summed E-state index contributed by atoms with van der Waals surface area (Å²) in [6, 6.07) is 9.27. The molecule has 1 aromatic heterocycles. The summed E-state index contributed by atoms with van der Waals surface area (Å²) in [5, 5.41) is 2.60.